The van der Waals surface area contributed by atoms with Crippen LogP contribution in [0.15, 0.2) is 36.5 Å². The summed E-state index contributed by atoms with van der Waals surface area (Å²) >= 11 is 0. The average molecular weight is 254 g/mol. The van der Waals surface area contributed by atoms with Crippen LogP contribution < -0.4 is 5.32 Å². The van der Waals surface area contributed by atoms with Gasteiger partial charge in [0.2, 0.25) is 0 Å². The molecule has 5 heteroatoms. The number of carbonyl (C=O) groups excluding carboxylic acids is 1. The van der Waals surface area contributed by atoms with E-state index in [1.54, 1.807) is 41.2 Å². The molecule has 1 amide bonds. The number of rotatable bonds is 3. The minimum Gasteiger partial charge on any atom is -0.321 e. The van der Waals surface area contributed by atoms with Crippen LogP contribution in [0.3, 0.4) is 0 Å². The molecule has 19 heavy (non-hydrogen) atoms. The second-order valence-electron chi connectivity index (χ2n) is 4.42. The van der Waals surface area contributed by atoms with Crippen molar-refractivity contribution in [3.8, 4) is 6.07 Å². The van der Waals surface area contributed by atoms with Gasteiger partial charge in [-0.05, 0) is 44.2 Å². The summed E-state index contributed by atoms with van der Waals surface area (Å²) < 4.78 is 1.73. The summed E-state index contributed by atoms with van der Waals surface area (Å²) in [5, 5.41) is 15.6. The first-order valence-electron chi connectivity index (χ1n) is 5.97. The molecule has 96 valence electrons. The Kier molecular flexibility index (Phi) is 3.62. The maximum Gasteiger partial charge on any atom is 0.276 e. The SMILES string of the molecule is CC(C)n1ccc(C(=O)Nc2ccc(C#N)cc2)n1. The molecule has 0 aliphatic heterocycles. The lowest BCUT2D eigenvalue weighted by molar-refractivity contribution is 0.102. The molecule has 0 aliphatic carbocycles. The number of benzene rings is 1. The Morgan fingerprint density at radius 1 is 1.32 bits per heavy atom. The number of carbonyl (C=O) groups is 1. The van der Waals surface area contributed by atoms with Crippen molar-refractivity contribution in [1.82, 2.24) is 9.78 Å². The van der Waals surface area contributed by atoms with Gasteiger partial charge in [0.25, 0.3) is 5.91 Å². The van der Waals surface area contributed by atoms with E-state index >= 15 is 0 Å². The van der Waals surface area contributed by atoms with Crippen LogP contribution in [0.5, 0.6) is 0 Å². The summed E-state index contributed by atoms with van der Waals surface area (Å²) in [5.41, 5.74) is 1.57. The van der Waals surface area contributed by atoms with Crippen LogP contribution in [0.2, 0.25) is 0 Å². The van der Waals surface area contributed by atoms with Gasteiger partial charge in [0.15, 0.2) is 5.69 Å². The molecule has 0 radical (unpaired) electrons. The minimum absolute atomic E-state index is 0.219. The number of hydrogen-bond donors (Lipinski definition) is 1. The average Bonchev–Trinajstić information content (AvgIpc) is 2.89. The van der Waals surface area contributed by atoms with E-state index in [1.165, 1.54) is 0 Å². The predicted octanol–water partition coefficient (Wildman–Crippen LogP) is 2.59. The van der Waals surface area contributed by atoms with Gasteiger partial charge in [-0.1, -0.05) is 0 Å². The molecule has 2 rings (SSSR count). The van der Waals surface area contributed by atoms with Gasteiger partial charge in [-0.15, -0.1) is 0 Å². The molecule has 0 unspecified atom stereocenters. The van der Waals surface area contributed by atoms with Gasteiger partial charge in [-0.25, -0.2) is 0 Å². The van der Waals surface area contributed by atoms with Gasteiger partial charge in [-0.3, -0.25) is 9.48 Å². The van der Waals surface area contributed by atoms with Gasteiger partial charge in [0, 0.05) is 17.9 Å². The third-order valence-corrected chi connectivity index (χ3v) is 2.64. The second-order valence-corrected chi connectivity index (χ2v) is 4.42. The smallest absolute Gasteiger partial charge is 0.276 e. The molecule has 0 aliphatic rings. The van der Waals surface area contributed by atoms with Crippen LogP contribution in [0.4, 0.5) is 5.69 Å². The molecule has 0 saturated carbocycles. The number of nitrogens with zero attached hydrogens (tertiary/aromatic N) is 3. The van der Waals surface area contributed by atoms with Crippen LogP contribution in [-0.4, -0.2) is 15.7 Å². The zero-order chi connectivity index (χ0) is 13.8. The van der Waals surface area contributed by atoms with Crippen LogP contribution >= 0.6 is 0 Å². The first-order valence-corrected chi connectivity index (χ1v) is 5.97. The molecule has 0 spiro atoms. The molecule has 5 nitrogen and oxygen atoms in total. The maximum atomic E-state index is 12.0. The summed E-state index contributed by atoms with van der Waals surface area (Å²) in [5.74, 6) is -0.260. The zero-order valence-corrected chi connectivity index (χ0v) is 10.8. The molecule has 1 N–H and O–H groups in total. The number of aromatic nitrogens is 2. The topological polar surface area (TPSA) is 70.7 Å². The van der Waals surface area contributed by atoms with E-state index in [4.69, 9.17) is 5.26 Å². The van der Waals surface area contributed by atoms with Gasteiger partial charge in [-0.2, -0.15) is 10.4 Å². The highest BCUT2D eigenvalue weighted by atomic mass is 16.1. The van der Waals surface area contributed by atoms with Gasteiger partial charge in [0.1, 0.15) is 0 Å². The largest absolute Gasteiger partial charge is 0.321 e. The molecule has 0 atom stereocenters. The number of nitriles is 1. The third-order valence-electron chi connectivity index (χ3n) is 2.64. The van der Waals surface area contributed by atoms with E-state index in [9.17, 15) is 4.79 Å². The summed E-state index contributed by atoms with van der Waals surface area (Å²) in [6, 6.07) is 10.6. The number of anilines is 1. The normalized spacial score (nSPS) is 10.2. The van der Waals surface area contributed by atoms with Crippen molar-refractivity contribution in [3.63, 3.8) is 0 Å². The lowest BCUT2D eigenvalue weighted by Gasteiger charge is -2.05. The van der Waals surface area contributed by atoms with Crippen LogP contribution in [0, 0.1) is 11.3 Å². The maximum absolute atomic E-state index is 12.0. The molecule has 0 saturated heterocycles. The van der Waals surface area contributed by atoms with Crippen LogP contribution in [0.25, 0.3) is 0 Å². The first-order chi connectivity index (χ1) is 9.10. The van der Waals surface area contributed by atoms with Crippen molar-refractivity contribution in [1.29, 1.82) is 5.26 Å². The van der Waals surface area contributed by atoms with Crippen LogP contribution in [-0.2, 0) is 0 Å². The third kappa shape index (κ3) is 2.99. The minimum atomic E-state index is -0.260. The van der Waals surface area contributed by atoms with Gasteiger partial charge >= 0.3 is 0 Å². The van der Waals surface area contributed by atoms with E-state index in [2.05, 4.69) is 10.4 Å². The van der Waals surface area contributed by atoms with E-state index < -0.39 is 0 Å². The fourth-order valence-electron chi connectivity index (χ4n) is 1.57. The van der Waals surface area contributed by atoms with Crippen molar-refractivity contribution in [2.24, 2.45) is 0 Å². The van der Waals surface area contributed by atoms with Crippen molar-refractivity contribution in [3.05, 3.63) is 47.8 Å². The summed E-state index contributed by atoms with van der Waals surface area (Å²) in [7, 11) is 0. The van der Waals surface area contributed by atoms with Crippen molar-refractivity contribution in [2.75, 3.05) is 5.32 Å². The molecule has 1 aromatic heterocycles. The van der Waals surface area contributed by atoms with Gasteiger partial charge < -0.3 is 5.32 Å². The van der Waals surface area contributed by atoms with E-state index in [0.717, 1.165) is 0 Å². The fraction of sp³-hybridized carbons (Fsp3) is 0.214. The number of amides is 1. The van der Waals surface area contributed by atoms with E-state index in [1.807, 2.05) is 19.9 Å². The molecule has 1 heterocycles. The van der Waals surface area contributed by atoms with Crippen molar-refractivity contribution < 1.29 is 4.79 Å². The molecular formula is C14H14N4O. The Balaban J connectivity index is 2.09. The number of hydrogen-bond acceptors (Lipinski definition) is 3. The van der Waals surface area contributed by atoms with E-state index in [0.29, 0.717) is 16.9 Å². The summed E-state index contributed by atoms with van der Waals surface area (Å²) in [6.45, 7) is 3.99. The lowest BCUT2D eigenvalue weighted by atomic mass is 10.2. The fourth-order valence-corrected chi connectivity index (χ4v) is 1.57. The quantitative estimate of drug-likeness (QED) is 0.915. The lowest BCUT2D eigenvalue weighted by Crippen LogP contribution is -2.13. The monoisotopic (exact) mass is 254 g/mol. The molecular weight excluding hydrogens is 240 g/mol. The Morgan fingerprint density at radius 2 is 2.00 bits per heavy atom. The molecule has 0 bridgehead atoms. The summed E-state index contributed by atoms with van der Waals surface area (Å²) in [4.78, 5) is 12.0. The first kappa shape index (κ1) is 12.8. The molecule has 1 aromatic carbocycles. The number of nitrogens with one attached hydrogen (secondary N) is 1. The highest BCUT2D eigenvalue weighted by Crippen LogP contribution is 2.11. The highest BCUT2D eigenvalue weighted by Gasteiger charge is 2.10. The van der Waals surface area contributed by atoms with Crippen LogP contribution in [0.1, 0.15) is 35.9 Å². The van der Waals surface area contributed by atoms with E-state index in [-0.39, 0.29) is 11.9 Å². The zero-order valence-electron chi connectivity index (χ0n) is 10.8. The summed E-state index contributed by atoms with van der Waals surface area (Å²) in [6.07, 6.45) is 1.78. The van der Waals surface area contributed by atoms with Crippen molar-refractivity contribution >= 4 is 11.6 Å². The Hall–Kier alpha value is -2.61. The predicted molar refractivity (Wildman–Crippen MR) is 71.7 cm³/mol. The second kappa shape index (κ2) is 5.36. The van der Waals surface area contributed by atoms with Gasteiger partial charge in [0.05, 0.1) is 11.6 Å². The van der Waals surface area contributed by atoms with Crippen molar-refractivity contribution in [2.45, 2.75) is 19.9 Å². The highest BCUT2D eigenvalue weighted by molar-refractivity contribution is 6.02. The Labute approximate surface area is 111 Å². The standard InChI is InChI=1S/C14H14N4O/c1-10(2)18-8-7-13(17-18)14(19)16-12-5-3-11(9-15)4-6-12/h3-8,10H,1-2H3,(H,16,19). The molecule has 2 aromatic rings. The molecule has 0 fully saturated rings. The Morgan fingerprint density at radius 3 is 2.53 bits per heavy atom. The Bertz CT molecular complexity index is 620.